The van der Waals surface area contributed by atoms with Gasteiger partial charge in [0.05, 0.1) is 24.4 Å². The first-order valence-electron chi connectivity index (χ1n) is 10.9. The number of nitrogens with two attached hydrogens (primary N) is 1. The summed E-state index contributed by atoms with van der Waals surface area (Å²) in [5, 5.41) is 27.2. The summed E-state index contributed by atoms with van der Waals surface area (Å²) in [5.74, 6) is 0.332. The van der Waals surface area contributed by atoms with Gasteiger partial charge in [-0.25, -0.2) is 9.97 Å². The molecule has 1 amide bonds. The van der Waals surface area contributed by atoms with Crippen molar-refractivity contribution in [2.24, 2.45) is 5.92 Å². The number of aliphatic hydroxyl groups excluding tert-OH is 1. The molecule has 4 rings (SSSR count). The number of aliphatic hydroxyl groups is 1. The molecule has 0 bridgehead atoms. The number of aromatic nitrogens is 4. The van der Waals surface area contributed by atoms with Gasteiger partial charge in [0.25, 0.3) is 5.91 Å². The van der Waals surface area contributed by atoms with Gasteiger partial charge in [0, 0.05) is 37.3 Å². The summed E-state index contributed by atoms with van der Waals surface area (Å²) in [5.41, 5.74) is 8.62. The molecule has 1 fully saturated rings. The van der Waals surface area contributed by atoms with Crippen LogP contribution in [0.2, 0.25) is 0 Å². The largest absolute Gasteiger partial charge is 0.391 e. The Morgan fingerprint density at radius 3 is 2.85 bits per heavy atom. The number of carbonyl (C=O) groups excluding carboxylic acids is 1. The highest BCUT2D eigenvalue weighted by Crippen LogP contribution is 2.31. The molecular weight excluding hydrogens is 432 g/mol. The summed E-state index contributed by atoms with van der Waals surface area (Å²) in [6.07, 6.45) is 4.84. The smallest absolute Gasteiger partial charge is 0.263 e. The molecule has 34 heavy (non-hydrogen) atoms. The van der Waals surface area contributed by atoms with Crippen LogP contribution in [0.25, 0.3) is 11.1 Å². The van der Waals surface area contributed by atoms with Gasteiger partial charge in [-0.1, -0.05) is 36.9 Å². The van der Waals surface area contributed by atoms with Crippen molar-refractivity contribution in [3.63, 3.8) is 0 Å². The van der Waals surface area contributed by atoms with Gasteiger partial charge in [0.2, 0.25) is 0 Å². The van der Waals surface area contributed by atoms with E-state index in [9.17, 15) is 9.90 Å². The predicted molar refractivity (Wildman–Crippen MR) is 127 cm³/mol. The van der Waals surface area contributed by atoms with Crippen LogP contribution in [-0.2, 0) is 11.3 Å². The SMILES string of the molecule is C=C(C#N)C(=O)N1CCC(CNc2ncnc(N)c2-c2cnn(Cc3ccccc3)c2)C(O)C1. The van der Waals surface area contributed by atoms with Crippen molar-refractivity contribution in [2.45, 2.75) is 19.1 Å². The zero-order valence-corrected chi connectivity index (χ0v) is 18.6. The van der Waals surface area contributed by atoms with E-state index in [2.05, 4.69) is 27.0 Å². The van der Waals surface area contributed by atoms with Crippen LogP contribution in [0.4, 0.5) is 11.6 Å². The Kier molecular flexibility index (Phi) is 6.85. The van der Waals surface area contributed by atoms with Crippen LogP contribution in [0, 0.1) is 17.2 Å². The number of nitrogens with zero attached hydrogens (tertiary/aromatic N) is 6. The first-order valence-corrected chi connectivity index (χ1v) is 10.9. The zero-order valence-electron chi connectivity index (χ0n) is 18.6. The number of amides is 1. The van der Waals surface area contributed by atoms with Crippen molar-refractivity contribution in [1.82, 2.24) is 24.6 Å². The molecule has 3 heterocycles. The van der Waals surface area contributed by atoms with Crippen LogP contribution in [0.15, 0.2) is 61.2 Å². The van der Waals surface area contributed by atoms with Gasteiger partial charge < -0.3 is 21.1 Å². The molecule has 0 radical (unpaired) electrons. The Balaban J connectivity index is 1.44. The van der Waals surface area contributed by atoms with E-state index in [1.807, 2.05) is 41.2 Å². The first kappa shape index (κ1) is 22.9. The van der Waals surface area contributed by atoms with Gasteiger partial charge in [-0.2, -0.15) is 10.4 Å². The van der Waals surface area contributed by atoms with Crippen molar-refractivity contribution in [3.05, 3.63) is 66.8 Å². The lowest BCUT2D eigenvalue weighted by molar-refractivity contribution is -0.130. The third-order valence-electron chi connectivity index (χ3n) is 5.92. The van der Waals surface area contributed by atoms with Crippen molar-refractivity contribution >= 4 is 17.5 Å². The predicted octanol–water partition coefficient (Wildman–Crippen LogP) is 1.67. The number of nitrogen functional groups attached to an aromatic ring is 1. The molecule has 10 heteroatoms. The summed E-state index contributed by atoms with van der Waals surface area (Å²) in [6.45, 7) is 5.11. The highest BCUT2D eigenvalue weighted by Gasteiger charge is 2.31. The molecule has 3 aromatic rings. The standard InChI is InChI=1S/C24H26N8O2/c1-16(9-25)24(34)31-8-7-18(20(33)14-31)10-27-23-21(22(26)28-15-29-23)19-11-30-32(13-19)12-17-5-3-2-4-6-17/h2-6,11,13,15,18,20,33H,1,7-8,10,12,14H2,(H3,26,27,28,29). The summed E-state index contributed by atoms with van der Waals surface area (Å²) in [7, 11) is 0. The number of β-amino-alcohol motifs (C(OH)–C–C–N with tert-alkyl or cyclic N) is 1. The summed E-state index contributed by atoms with van der Waals surface area (Å²) in [4.78, 5) is 22.1. The second kappa shape index (κ2) is 10.1. The van der Waals surface area contributed by atoms with Crippen LogP contribution in [0.3, 0.4) is 0 Å². The Labute approximate surface area is 197 Å². The molecule has 2 unspecified atom stereocenters. The third-order valence-corrected chi connectivity index (χ3v) is 5.92. The Hall–Kier alpha value is -4.23. The monoisotopic (exact) mass is 458 g/mol. The molecule has 1 saturated heterocycles. The zero-order chi connectivity index (χ0) is 24.1. The lowest BCUT2D eigenvalue weighted by Gasteiger charge is -2.36. The maximum atomic E-state index is 12.2. The van der Waals surface area contributed by atoms with E-state index in [-0.39, 0.29) is 18.0 Å². The first-order chi connectivity index (χ1) is 16.5. The maximum Gasteiger partial charge on any atom is 0.263 e. The van der Waals surface area contributed by atoms with Crippen LogP contribution in [0.5, 0.6) is 0 Å². The summed E-state index contributed by atoms with van der Waals surface area (Å²) < 4.78 is 1.83. The molecular formula is C24H26N8O2. The van der Waals surface area contributed by atoms with E-state index in [0.29, 0.717) is 43.3 Å². The number of nitriles is 1. The number of hydrogen-bond donors (Lipinski definition) is 3. The van der Waals surface area contributed by atoms with Gasteiger partial charge in [0.1, 0.15) is 29.6 Å². The lowest BCUT2D eigenvalue weighted by atomic mass is 9.93. The molecule has 0 saturated carbocycles. The average Bonchev–Trinajstić information content (AvgIpc) is 3.30. The van der Waals surface area contributed by atoms with E-state index in [1.165, 1.54) is 11.2 Å². The fraction of sp³-hybridized carbons (Fsp3) is 0.292. The molecule has 174 valence electrons. The van der Waals surface area contributed by atoms with Crippen molar-refractivity contribution in [1.29, 1.82) is 5.26 Å². The number of piperidine rings is 1. The number of carbonyl (C=O) groups is 1. The summed E-state index contributed by atoms with van der Waals surface area (Å²) >= 11 is 0. The quantitative estimate of drug-likeness (QED) is 0.358. The van der Waals surface area contributed by atoms with Gasteiger partial charge in [-0.3, -0.25) is 9.48 Å². The van der Waals surface area contributed by atoms with E-state index in [0.717, 1.165) is 11.1 Å². The molecule has 4 N–H and O–H groups in total. The second-order valence-corrected chi connectivity index (χ2v) is 8.23. The van der Waals surface area contributed by atoms with Gasteiger partial charge >= 0.3 is 0 Å². The molecule has 0 aliphatic carbocycles. The minimum Gasteiger partial charge on any atom is -0.391 e. The number of anilines is 2. The van der Waals surface area contributed by atoms with Crippen LogP contribution < -0.4 is 11.1 Å². The van der Waals surface area contributed by atoms with Gasteiger partial charge in [-0.15, -0.1) is 0 Å². The summed E-state index contributed by atoms with van der Waals surface area (Å²) in [6, 6.07) is 11.8. The van der Waals surface area contributed by atoms with Crippen molar-refractivity contribution in [2.75, 3.05) is 30.7 Å². The number of rotatable bonds is 7. The number of benzene rings is 1. The normalized spacial score (nSPS) is 17.7. The third kappa shape index (κ3) is 5.05. The van der Waals surface area contributed by atoms with Crippen LogP contribution in [-0.4, -0.2) is 61.4 Å². The number of likely N-dealkylation sites (tertiary alicyclic amines) is 1. The molecule has 1 aliphatic rings. The fourth-order valence-corrected chi connectivity index (χ4v) is 4.04. The molecule has 2 atom stereocenters. The van der Waals surface area contributed by atoms with E-state index < -0.39 is 12.0 Å². The van der Waals surface area contributed by atoms with Crippen molar-refractivity contribution < 1.29 is 9.90 Å². The van der Waals surface area contributed by atoms with E-state index in [4.69, 9.17) is 11.0 Å². The maximum absolute atomic E-state index is 12.2. The minimum absolute atomic E-state index is 0.107. The molecule has 1 aliphatic heterocycles. The fourth-order valence-electron chi connectivity index (χ4n) is 4.04. The number of hydrogen-bond acceptors (Lipinski definition) is 8. The molecule has 2 aromatic heterocycles. The molecule has 10 nitrogen and oxygen atoms in total. The minimum atomic E-state index is -0.743. The molecule has 1 aromatic carbocycles. The van der Waals surface area contributed by atoms with Crippen molar-refractivity contribution in [3.8, 4) is 17.2 Å². The average molecular weight is 459 g/mol. The molecule has 0 spiro atoms. The van der Waals surface area contributed by atoms with Gasteiger partial charge in [0.15, 0.2) is 0 Å². The Morgan fingerprint density at radius 2 is 2.12 bits per heavy atom. The van der Waals surface area contributed by atoms with Crippen LogP contribution in [0.1, 0.15) is 12.0 Å². The van der Waals surface area contributed by atoms with Gasteiger partial charge in [-0.05, 0) is 12.0 Å². The van der Waals surface area contributed by atoms with Crippen LogP contribution >= 0.6 is 0 Å². The lowest BCUT2D eigenvalue weighted by Crippen LogP contribution is -2.48. The Bertz CT molecular complexity index is 1220. The Morgan fingerprint density at radius 1 is 1.32 bits per heavy atom. The number of nitrogens with one attached hydrogen (secondary N) is 1. The highest BCUT2D eigenvalue weighted by atomic mass is 16.3. The van der Waals surface area contributed by atoms with E-state index in [1.54, 1.807) is 12.3 Å². The van der Waals surface area contributed by atoms with E-state index >= 15 is 0 Å². The second-order valence-electron chi connectivity index (χ2n) is 8.23. The highest BCUT2D eigenvalue weighted by molar-refractivity contribution is 5.96. The topological polar surface area (TPSA) is 146 Å².